The van der Waals surface area contributed by atoms with Gasteiger partial charge in [-0.15, -0.1) is 11.3 Å². The summed E-state index contributed by atoms with van der Waals surface area (Å²) in [5.41, 5.74) is 13.2. The fourth-order valence-electron chi connectivity index (χ4n) is 3.81. The van der Waals surface area contributed by atoms with E-state index >= 15 is 0 Å². The van der Waals surface area contributed by atoms with Gasteiger partial charge in [0.05, 0.1) is 4.88 Å². The highest BCUT2D eigenvalue weighted by atomic mass is 32.1. The van der Waals surface area contributed by atoms with Gasteiger partial charge in [0.2, 0.25) is 17.7 Å². The first-order valence-electron chi connectivity index (χ1n) is 8.77. The maximum atomic E-state index is 12.5. The van der Waals surface area contributed by atoms with Gasteiger partial charge in [-0.1, -0.05) is 12.5 Å². The van der Waals surface area contributed by atoms with Crippen LogP contribution in [0.4, 0.5) is 5.69 Å². The van der Waals surface area contributed by atoms with Crippen LogP contribution in [0.1, 0.15) is 47.3 Å². The molecule has 0 atom stereocenters. The first-order chi connectivity index (χ1) is 12.6. The van der Waals surface area contributed by atoms with E-state index in [1.807, 2.05) is 46.7 Å². The van der Waals surface area contributed by atoms with E-state index in [0.29, 0.717) is 11.5 Å². The van der Waals surface area contributed by atoms with Crippen LogP contribution < -0.4 is 16.4 Å². The number of hydrogen-bond donors (Lipinski definition) is 2. The molecule has 7 heteroatoms. The number of aliphatic imine (C=N–C) groups is 2. The van der Waals surface area contributed by atoms with Gasteiger partial charge in [-0.05, 0) is 61.4 Å². The van der Waals surface area contributed by atoms with Crippen LogP contribution in [0.15, 0.2) is 51.8 Å². The molecular weight excluding hydrogens is 346 g/mol. The molecule has 4 rings (SSSR count). The molecule has 1 aromatic carbocycles. The van der Waals surface area contributed by atoms with Gasteiger partial charge in [0.15, 0.2) is 0 Å². The predicted octanol–water partition coefficient (Wildman–Crippen LogP) is 3.09. The molecule has 1 aliphatic heterocycles. The summed E-state index contributed by atoms with van der Waals surface area (Å²) in [5.74, 6) is 0.628. The molecule has 0 unspecified atom stereocenters. The molecule has 134 valence electrons. The van der Waals surface area contributed by atoms with Gasteiger partial charge < -0.3 is 11.5 Å². The largest absolute Gasteiger partial charge is 0.369 e. The lowest BCUT2D eigenvalue weighted by Crippen LogP contribution is -2.58. The molecule has 4 N–H and O–H groups in total. The van der Waals surface area contributed by atoms with Crippen molar-refractivity contribution in [1.82, 2.24) is 0 Å². The molecule has 1 fully saturated rings. The number of carbonyl (C=O) groups is 1. The molecule has 0 amide bonds. The van der Waals surface area contributed by atoms with Crippen molar-refractivity contribution in [2.24, 2.45) is 21.5 Å². The van der Waals surface area contributed by atoms with Crippen molar-refractivity contribution in [3.63, 3.8) is 0 Å². The number of ketones is 1. The molecule has 2 aliphatic rings. The Morgan fingerprint density at radius 2 is 1.81 bits per heavy atom. The molecule has 0 saturated heterocycles. The van der Waals surface area contributed by atoms with Gasteiger partial charge in [-0.2, -0.15) is 4.99 Å². The lowest BCUT2D eigenvalue weighted by molar-refractivity contribution is 0.104. The Bertz CT molecular complexity index is 864. The number of thiophene rings is 1. The highest BCUT2D eigenvalue weighted by molar-refractivity contribution is 7.12. The van der Waals surface area contributed by atoms with Gasteiger partial charge in [-0.3, -0.25) is 9.69 Å². The molecular formula is C19H21N5OS. The van der Waals surface area contributed by atoms with E-state index in [1.54, 1.807) is 0 Å². The second kappa shape index (κ2) is 6.57. The quantitative estimate of drug-likeness (QED) is 0.815. The summed E-state index contributed by atoms with van der Waals surface area (Å²) in [4.78, 5) is 24.1. The molecule has 2 heterocycles. The van der Waals surface area contributed by atoms with Crippen LogP contribution in [-0.4, -0.2) is 23.4 Å². The lowest BCUT2D eigenvalue weighted by Gasteiger charge is -2.45. The van der Waals surface area contributed by atoms with Crippen molar-refractivity contribution in [1.29, 1.82) is 0 Å². The zero-order valence-electron chi connectivity index (χ0n) is 14.4. The second-order valence-corrected chi connectivity index (χ2v) is 7.62. The first kappa shape index (κ1) is 16.8. The summed E-state index contributed by atoms with van der Waals surface area (Å²) in [6, 6.07) is 11.2. The normalized spacial score (nSPS) is 19.2. The van der Waals surface area contributed by atoms with E-state index in [2.05, 4.69) is 9.98 Å². The van der Waals surface area contributed by atoms with Gasteiger partial charge in [0, 0.05) is 11.3 Å². The molecule has 1 saturated carbocycles. The Balaban J connectivity index is 1.67. The van der Waals surface area contributed by atoms with E-state index < -0.39 is 5.66 Å². The third-order valence-corrected chi connectivity index (χ3v) is 5.85. The van der Waals surface area contributed by atoms with Crippen molar-refractivity contribution < 1.29 is 4.79 Å². The minimum atomic E-state index is -0.465. The highest BCUT2D eigenvalue weighted by Crippen LogP contribution is 2.39. The Labute approximate surface area is 156 Å². The number of rotatable bonds is 3. The molecule has 0 bridgehead atoms. The van der Waals surface area contributed by atoms with E-state index in [1.165, 1.54) is 17.8 Å². The Hall–Kier alpha value is -2.67. The first-order valence-corrected chi connectivity index (χ1v) is 9.65. The SMILES string of the molecule is NC1=NC2(CCCCC2)N(c2ccc(C(=O)c3cccs3)cc2)C(N)=N1. The second-order valence-electron chi connectivity index (χ2n) is 6.67. The summed E-state index contributed by atoms with van der Waals surface area (Å²) in [6.45, 7) is 0. The number of guanidine groups is 2. The zero-order valence-corrected chi connectivity index (χ0v) is 15.2. The lowest BCUT2D eigenvalue weighted by atomic mass is 9.87. The number of benzene rings is 1. The Morgan fingerprint density at radius 1 is 1.08 bits per heavy atom. The van der Waals surface area contributed by atoms with E-state index in [9.17, 15) is 4.79 Å². The average molecular weight is 367 g/mol. The van der Waals surface area contributed by atoms with Crippen molar-refractivity contribution in [3.8, 4) is 0 Å². The fraction of sp³-hybridized carbons (Fsp3) is 0.316. The van der Waals surface area contributed by atoms with E-state index in [0.717, 1.165) is 36.2 Å². The fourth-order valence-corrected chi connectivity index (χ4v) is 4.49. The number of nitrogens with zero attached hydrogens (tertiary/aromatic N) is 3. The molecule has 0 radical (unpaired) electrons. The predicted molar refractivity (Wildman–Crippen MR) is 106 cm³/mol. The van der Waals surface area contributed by atoms with Gasteiger partial charge in [-0.25, -0.2) is 4.99 Å². The van der Waals surface area contributed by atoms with Crippen LogP contribution in [0.25, 0.3) is 0 Å². The number of hydrogen-bond acceptors (Lipinski definition) is 7. The molecule has 1 aliphatic carbocycles. The maximum Gasteiger partial charge on any atom is 0.220 e. The average Bonchev–Trinajstić information content (AvgIpc) is 3.16. The molecule has 26 heavy (non-hydrogen) atoms. The van der Waals surface area contributed by atoms with E-state index in [4.69, 9.17) is 11.5 Å². The van der Waals surface area contributed by atoms with Crippen LogP contribution in [0, 0.1) is 0 Å². The van der Waals surface area contributed by atoms with Gasteiger partial charge in [0.25, 0.3) is 0 Å². The molecule has 6 nitrogen and oxygen atoms in total. The monoisotopic (exact) mass is 367 g/mol. The van der Waals surface area contributed by atoms with Crippen LogP contribution >= 0.6 is 11.3 Å². The molecule has 2 aromatic rings. The maximum absolute atomic E-state index is 12.5. The van der Waals surface area contributed by atoms with Crippen molar-refractivity contribution in [2.75, 3.05) is 4.90 Å². The van der Waals surface area contributed by atoms with Gasteiger partial charge in [0.1, 0.15) is 5.66 Å². The van der Waals surface area contributed by atoms with Gasteiger partial charge >= 0.3 is 0 Å². The van der Waals surface area contributed by atoms with Crippen molar-refractivity contribution in [2.45, 2.75) is 37.8 Å². The smallest absolute Gasteiger partial charge is 0.220 e. The number of carbonyl (C=O) groups excluding carboxylic acids is 1. The Morgan fingerprint density at radius 3 is 2.46 bits per heavy atom. The summed E-state index contributed by atoms with van der Waals surface area (Å²) >= 11 is 1.45. The standard InChI is InChI=1S/C19H21N5OS/c20-17-22-18(21)24(19(23-17)10-2-1-3-11-19)14-8-6-13(7-9-14)16(25)15-5-4-12-26-15/h4-9,12H,1-3,10-11H2,(H4,20,21,22,23). The summed E-state index contributed by atoms with van der Waals surface area (Å²) in [6.07, 6.45) is 5.13. The topological polar surface area (TPSA) is 97.1 Å². The van der Waals surface area contributed by atoms with Crippen LogP contribution in [0.3, 0.4) is 0 Å². The minimum absolute atomic E-state index is 0.0291. The third-order valence-electron chi connectivity index (χ3n) is 4.98. The molecule has 1 aromatic heterocycles. The van der Waals surface area contributed by atoms with Crippen LogP contribution in [0.5, 0.6) is 0 Å². The zero-order chi connectivity index (χ0) is 18.1. The van der Waals surface area contributed by atoms with Crippen LogP contribution in [0.2, 0.25) is 0 Å². The van der Waals surface area contributed by atoms with E-state index in [-0.39, 0.29) is 11.7 Å². The summed E-state index contributed by atoms with van der Waals surface area (Å²) < 4.78 is 0. The van der Waals surface area contributed by atoms with Crippen molar-refractivity contribution >= 4 is 34.7 Å². The Kier molecular flexibility index (Phi) is 4.24. The summed E-state index contributed by atoms with van der Waals surface area (Å²) in [5, 5.41) is 1.90. The third kappa shape index (κ3) is 2.88. The highest BCUT2D eigenvalue weighted by Gasteiger charge is 2.42. The number of anilines is 1. The van der Waals surface area contributed by atoms with Crippen LogP contribution in [-0.2, 0) is 0 Å². The summed E-state index contributed by atoms with van der Waals surface area (Å²) in [7, 11) is 0. The minimum Gasteiger partial charge on any atom is -0.369 e. The van der Waals surface area contributed by atoms with Crippen molar-refractivity contribution in [3.05, 3.63) is 52.2 Å². The number of nitrogens with two attached hydrogens (primary N) is 2. The molecule has 1 spiro atoms.